The van der Waals surface area contributed by atoms with Gasteiger partial charge in [0.15, 0.2) is 0 Å². The zero-order valence-electron chi connectivity index (χ0n) is 23.3. The number of hydrogen-bond donors (Lipinski definition) is 0. The van der Waals surface area contributed by atoms with E-state index in [4.69, 9.17) is 25.0 Å². The maximum absolute atomic E-state index is 7.12. The van der Waals surface area contributed by atoms with E-state index in [-0.39, 0.29) is 11.0 Å². The summed E-state index contributed by atoms with van der Waals surface area (Å²) in [7, 11) is -2.68. The average Bonchev–Trinajstić information content (AvgIpc) is 3.42. The molecule has 0 aliphatic rings. The molecule has 202 valence electrons. The molecule has 1 atom stereocenters. The molecule has 4 rings (SSSR count). The highest BCUT2D eigenvalue weighted by molar-refractivity contribution is 6.99. The summed E-state index contributed by atoms with van der Waals surface area (Å²) < 4.78 is 18.9. The Bertz CT molecular complexity index is 1270. The second kappa shape index (κ2) is 13.6. The van der Waals surface area contributed by atoms with Crippen LogP contribution in [0.15, 0.2) is 102 Å². The molecule has 39 heavy (non-hydrogen) atoms. The van der Waals surface area contributed by atoms with E-state index >= 15 is 0 Å². The highest BCUT2D eigenvalue weighted by Gasteiger charge is 2.50. The molecule has 0 aliphatic carbocycles. The van der Waals surface area contributed by atoms with Crippen LogP contribution in [-0.4, -0.2) is 26.5 Å². The van der Waals surface area contributed by atoms with Crippen LogP contribution in [0.5, 0.6) is 0 Å². The van der Waals surface area contributed by atoms with Crippen LogP contribution in [0.25, 0.3) is 0 Å². The third-order valence-electron chi connectivity index (χ3n) is 7.03. The van der Waals surface area contributed by atoms with Crippen LogP contribution in [0, 0.1) is 12.3 Å². The number of ether oxygens (including phenoxy) is 1. The summed E-state index contributed by atoms with van der Waals surface area (Å²) in [4.78, 5) is 4.81. The first-order valence-electron chi connectivity index (χ1n) is 13.7. The minimum Gasteiger partial charge on any atom is -0.448 e. The van der Waals surface area contributed by atoms with E-state index in [1.165, 1.54) is 15.9 Å². The molecule has 4 nitrogen and oxygen atoms in total. The predicted molar refractivity (Wildman–Crippen MR) is 161 cm³/mol. The van der Waals surface area contributed by atoms with Gasteiger partial charge in [-0.2, -0.15) is 0 Å². The van der Waals surface area contributed by atoms with Gasteiger partial charge in [0.1, 0.15) is 6.26 Å². The van der Waals surface area contributed by atoms with Gasteiger partial charge >= 0.3 is 0 Å². The lowest BCUT2D eigenvalue weighted by molar-refractivity contribution is 0.118. The molecular formula is C34H39NO3Si. The summed E-state index contributed by atoms with van der Waals surface area (Å²) >= 11 is 0. The van der Waals surface area contributed by atoms with Gasteiger partial charge in [-0.15, -0.1) is 12.3 Å². The monoisotopic (exact) mass is 537 g/mol. The molecule has 1 aromatic heterocycles. The van der Waals surface area contributed by atoms with Crippen LogP contribution in [0.2, 0.25) is 5.04 Å². The number of terminal acetylenes is 1. The van der Waals surface area contributed by atoms with Crippen LogP contribution in [0.1, 0.15) is 56.7 Å². The van der Waals surface area contributed by atoms with Crippen molar-refractivity contribution >= 4 is 18.7 Å². The maximum atomic E-state index is 7.12. The minimum absolute atomic E-state index is 0.113. The number of hydrogen-bond acceptors (Lipinski definition) is 4. The molecule has 0 N–H and O–H groups in total. The first-order chi connectivity index (χ1) is 18.9. The maximum Gasteiger partial charge on any atom is 0.261 e. The Hall–Kier alpha value is -3.43. The summed E-state index contributed by atoms with van der Waals surface area (Å²) in [5, 5.41) is 2.37. The smallest absolute Gasteiger partial charge is 0.261 e. The van der Waals surface area contributed by atoms with Crippen LogP contribution in [-0.2, 0) is 22.2 Å². The first kappa shape index (κ1) is 28.6. The third-order valence-corrected chi connectivity index (χ3v) is 12.0. The van der Waals surface area contributed by atoms with Crippen LogP contribution in [0.4, 0.5) is 0 Å². The summed E-state index contributed by atoms with van der Waals surface area (Å²) in [6.45, 7) is 8.56. The summed E-state index contributed by atoms with van der Waals surface area (Å²) in [5.41, 5.74) is 2.10. The summed E-state index contributed by atoms with van der Waals surface area (Å²) in [5.74, 6) is 3.34. The van der Waals surface area contributed by atoms with E-state index in [9.17, 15) is 0 Å². The standard InChI is InChI=1S/C34H39NO3Si/c1-5-16-29(33-35-30(27-37-33)19-15-24-36-25-28-17-9-6-10-18-28)26-38-39(34(2,3)4,31-20-11-7-12-21-31)32-22-13-8-14-23-32/h1,6-14,17-18,20-23,27,29H,15-16,19,24-26H2,2-4H3. The van der Waals surface area contributed by atoms with Gasteiger partial charge in [0.2, 0.25) is 5.89 Å². The van der Waals surface area contributed by atoms with E-state index in [0.29, 0.717) is 32.1 Å². The Morgan fingerprint density at radius 3 is 2.05 bits per heavy atom. The van der Waals surface area contributed by atoms with E-state index in [0.717, 1.165) is 18.5 Å². The Morgan fingerprint density at radius 1 is 0.897 bits per heavy atom. The molecule has 0 saturated carbocycles. The minimum atomic E-state index is -2.68. The molecule has 0 spiro atoms. The lowest BCUT2D eigenvalue weighted by Crippen LogP contribution is -2.66. The van der Waals surface area contributed by atoms with Crippen LogP contribution < -0.4 is 10.4 Å². The Kier molecular flexibility index (Phi) is 9.94. The molecule has 0 radical (unpaired) electrons. The number of aryl methyl sites for hydroxylation is 1. The van der Waals surface area contributed by atoms with E-state index in [1.54, 1.807) is 6.26 Å². The molecule has 5 heteroatoms. The normalized spacial score (nSPS) is 12.7. The second-order valence-electron chi connectivity index (χ2n) is 10.9. The Labute approximate surface area is 234 Å². The molecule has 4 aromatic rings. The number of rotatable bonds is 13. The average molecular weight is 538 g/mol. The largest absolute Gasteiger partial charge is 0.448 e. The molecule has 1 unspecified atom stereocenters. The fourth-order valence-electron chi connectivity index (χ4n) is 5.09. The first-order valence-corrected chi connectivity index (χ1v) is 15.6. The van der Waals surface area contributed by atoms with Crippen LogP contribution >= 0.6 is 0 Å². The molecule has 0 bridgehead atoms. The van der Waals surface area contributed by atoms with Gasteiger partial charge in [-0.3, -0.25) is 0 Å². The van der Waals surface area contributed by atoms with Gasteiger partial charge < -0.3 is 13.6 Å². The van der Waals surface area contributed by atoms with Crippen molar-refractivity contribution in [3.8, 4) is 12.3 Å². The van der Waals surface area contributed by atoms with Crippen molar-refractivity contribution in [1.82, 2.24) is 4.98 Å². The number of benzene rings is 3. The number of nitrogens with zero attached hydrogens (tertiary/aromatic N) is 1. The number of aromatic nitrogens is 1. The molecule has 3 aromatic carbocycles. The third kappa shape index (κ3) is 7.16. The fraction of sp³-hybridized carbons (Fsp3) is 0.324. The fourth-order valence-corrected chi connectivity index (χ4v) is 9.70. The highest BCUT2D eigenvalue weighted by Crippen LogP contribution is 2.37. The van der Waals surface area contributed by atoms with E-state index in [2.05, 4.69) is 99.5 Å². The zero-order valence-corrected chi connectivity index (χ0v) is 24.3. The van der Waals surface area contributed by atoms with Crippen molar-refractivity contribution in [2.45, 2.75) is 57.6 Å². The highest BCUT2D eigenvalue weighted by atomic mass is 28.4. The second-order valence-corrected chi connectivity index (χ2v) is 15.2. The van der Waals surface area contributed by atoms with Crippen molar-refractivity contribution < 1.29 is 13.6 Å². The molecule has 0 saturated heterocycles. The molecular weight excluding hydrogens is 498 g/mol. The summed E-state index contributed by atoms with van der Waals surface area (Å²) in [6, 6.07) is 31.5. The molecule has 0 amide bonds. The SMILES string of the molecule is C#CCC(CO[Si](c1ccccc1)(c1ccccc1)C(C)(C)C)c1nc(CCCOCc2ccccc2)co1. The van der Waals surface area contributed by atoms with Crippen molar-refractivity contribution in [2.24, 2.45) is 0 Å². The van der Waals surface area contributed by atoms with Gasteiger partial charge in [-0.1, -0.05) is 112 Å². The quantitative estimate of drug-likeness (QED) is 0.111. The van der Waals surface area contributed by atoms with Crippen LogP contribution in [0.3, 0.4) is 0 Å². The summed E-state index contributed by atoms with van der Waals surface area (Å²) in [6.07, 6.45) is 9.71. The van der Waals surface area contributed by atoms with Gasteiger partial charge in [0.25, 0.3) is 8.32 Å². The lowest BCUT2D eigenvalue weighted by atomic mass is 10.1. The zero-order chi connectivity index (χ0) is 27.6. The molecule has 1 heterocycles. The van der Waals surface area contributed by atoms with Gasteiger partial charge in [-0.25, -0.2) is 4.98 Å². The van der Waals surface area contributed by atoms with E-state index < -0.39 is 8.32 Å². The Morgan fingerprint density at radius 2 is 1.49 bits per heavy atom. The molecule has 0 aliphatic heterocycles. The van der Waals surface area contributed by atoms with Crippen molar-refractivity contribution in [3.63, 3.8) is 0 Å². The van der Waals surface area contributed by atoms with E-state index in [1.807, 2.05) is 18.2 Å². The van der Waals surface area contributed by atoms with Gasteiger partial charge in [0.05, 0.1) is 18.2 Å². The lowest BCUT2D eigenvalue weighted by Gasteiger charge is -2.43. The van der Waals surface area contributed by atoms with Gasteiger partial charge in [0, 0.05) is 19.6 Å². The van der Waals surface area contributed by atoms with Gasteiger partial charge in [-0.05, 0) is 33.8 Å². The Balaban J connectivity index is 1.46. The molecule has 0 fully saturated rings. The van der Waals surface area contributed by atoms with Crippen molar-refractivity contribution in [3.05, 3.63) is 114 Å². The van der Waals surface area contributed by atoms with Crippen molar-refractivity contribution in [1.29, 1.82) is 0 Å². The number of oxazole rings is 1. The topological polar surface area (TPSA) is 44.5 Å². The van der Waals surface area contributed by atoms with Crippen molar-refractivity contribution in [2.75, 3.05) is 13.2 Å². The predicted octanol–water partition coefficient (Wildman–Crippen LogP) is 6.51.